The fraction of sp³-hybridized carbons (Fsp3) is 0.0769. The van der Waals surface area contributed by atoms with Crippen molar-refractivity contribution in [3.63, 3.8) is 0 Å². The number of benzene rings is 2. The largest absolute Gasteiger partial charge is 0.491 e. The number of hydrogen-bond donors (Lipinski definition) is 2. The molecule has 2 aromatic rings. The van der Waals surface area contributed by atoms with Gasteiger partial charge in [-0.1, -0.05) is 29.8 Å². The smallest absolute Gasteiger partial charge is 0.423 e. The molecule has 0 aromatic heterocycles. The maximum absolute atomic E-state index is 12.3. The fourth-order valence-corrected chi connectivity index (χ4v) is 3.51. The number of halogens is 1. The van der Waals surface area contributed by atoms with Gasteiger partial charge in [0.15, 0.2) is 0 Å². The van der Waals surface area contributed by atoms with Gasteiger partial charge in [-0.15, -0.1) is 0 Å². The average molecular weight is 324 g/mol. The van der Waals surface area contributed by atoms with Crippen LogP contribution in [0.2, 0.25) is 5.02 Å². The van der Waals surface area contributed by atoms with Gasteiger partial charge in [0.1, 0.15) is 0 Å². The summed E-state index contributed by atoms with van der Waals surface area (Å²) < 4.78 is 32.0. The molecule has 108 valence electrons. The van der Waals surface area contributed by atoms with Crippen LogP contribution in [0.3, 0.4) is 0 Å². The number of hydrogen-bond acceptors (Lipinski definition) is 4. The first-order valence-electron chi connectivity index (χ1n) is 6.17. The molecule has 0 saturated carbocycles. The van der Waals surface area contributed by atoms with E-state index in [4.69, 9.17) is 16.3 Å². The first-order chi connectivity index (χ1) is 9.97. The van der Waals surface area contributed by atoms with E-state index in [0.717, 1.165) is 5.56 Å². The van der Waals surface area contributed by atoms with Gasteiger partial charge in [-0.2, -0.15) is 0 Å². The highest BCUT2D eigenvalue weighted by atomic mass is 35.5. The summed E-state index contributed by atoms with van der Waals surface area (Å²) in [7, 11) is -4.79. The highest BCUT2D eigenvalue weighted by Crippen LogP contribution is 2.27. The molecule has 0 spiro atoms. The summed E-state index contributed by atoms with van der Waals surface area (Å²) in [5.41, 5.74) is 1.48. The van der Waals surface area contributed by atoms with E-state index in [0.29, 0.717) is 5.46 Å². The lowest BCUT2D eigenvalue weighted by Gasteiger charge is -2.11. The lowest BCUT2D eigenvalue weighted by molar-refractivity contribution is 0.275. The summed E-state index contributed by atoms with van der Waals surface area (Å²) in [5.74, 6) is 0. The van der Waals surface area contributed by atoms with Crippen LogP contribution in [-0.4, -0.2) is 20.6 Å². The number of sulfonamides is 1. The molecule has 0 unspecified atom stereocenters. The first kappa shape index (κ1) is 14.4. The molecule has 2 N–H and O–H groups in total. The lowest BCUT2D eigenvalue weighted by atomic mass is 9.79. The Labute approximate surface area is 127 Å². The molecule has 8 heteroatoms. The second-order valence-corrected chi connectivity index (χ2v) is 6.70. The van der Waals surface area contributed by atoms with Gasteiger partial charge in [0.05, 0.1) is 22.2 Å². The second-order valence-electron chi connectivity index (χ2n) is 4.61. The summed E-state index contributed by atoms with van der Waals surface area (Å²) in [6, 6.07) is 11.1. The van der Waals surface area contributed by atoms with E-state index in [1.807, 2.05) is 0 Å². The molecule has 0 atom stereocenters. The van der Waals surface area contributed by atoms with Crippen LogP contribution in [0, 0.1) is 0 Å². The quantitative estimate of drug-likeness (QED) is 0.836. The van der Waals surface area contributed by atoms with Crippen LogP contribution in [0.4, 0.5) is 5.69 Å². The Bertz CT molecular complexity index is 782. The Morgan fingerprint density at radius 1 is 1.24 bits per heavy atom. The molecule has 0 bridgehead atoms. The number of rotatable bonds is 3. The van der Waals surface area contributed by atoms with E-state index < -0.39 is 17.1 Å². The van der Waals surface area contributed by atoms with Gasteiger partial charge >= 0.3 is 7.12 Å². The van der Waals surface area contributed by atoms with Gasteiger partial charge in [-0.05, 0) is 35.3 Å². The molecule has 3 rings (SSSR count). The molecule has 21 heavy (non-hydrogen) atoms. The zero-order valence-corrected chi connectivity index (χ0v) is 12.4. The minimum atomic E-state index is -3.73. The van der Waals surface area contributed by atoms with Crippen molar-refractivity contribution >= 4 is 39.9 Å². The van der Waals surface area contributed by atoms with Gasteiger partial charge < -0.3 is 9.68 Å². The summed E-state index contributed by atoms with van der Waals surface area (Å²) >= 11 is 6.09. The van der Waals surface area contributed by atoms with E-state index in [9.17, 15) is 13.4 Å². The molecule has 0 amide bonds. The zero-order chi connectivity index (χ0) is 15.0. The van der Waals surface area contributed by atoms with Crippen LogP contribution in [0.15, 0.2) is 47.4 Å². The zero-order valence-electron chi connectivity index (χ0n) is 10.8. The predicted molar refractivity (Wildman–Crippen MR) is 81.1 cm³/mol. The Hall–Kier alpha value is -1.54. The van der Waals surface area contributed by atoms with Crippen LogP contribution in [-0.2, 0) is 21.3 Å². The molecule has 1 aliphatic heterocycles. The molecular formula is C13H11BClNO4S. The third-order valence-electron chi connectivity index (χ3n) is 3.19. The topological polar surface area (TPSA) is 75.6 Å². The van der Waals surface area contributed by atoms with Crippen molar-refractivity contribution in [2.75, 3.05) is 4.72 Å². The Morgan fingerprint density at radius 3 is 2.67 bits per heavy atom. The highest BCUT2D eigenvalue weighted by molar-refractivity contribution is 7.92. The minimum absolute atomic E-state index is 0.137. The average Bonchev–Trinajstić information content (AvgIpc) is 2.81. The van der Waals surface area contributed by atoms with Gasteiger partial charge in [0.2, 0.25) is 0 Å². The molecule has 0 aliphatic carbocycles. The van der Waals surface area contributed by atoms with Gasteiger partial charge in [-0.3, -0.25) is 4.72 Å². The Kier molecular flexibility index (Phi) is 3.67. The van der Waals surface area contributed by atoms with Crippen molar-refractivity contribution in [1.82, 2.24) is 0 Å². The Balaban J connectivity index is 1.98. The predicted octanol–water partition coefficient (Wildman–Crippen LogP) is 1.36. The monoisotopic (exact) mass is 323 g/mol. The molecule has 0 saturated heterocycles. The van der Waals surface area contributed by atoms with Crippen molar-refractivity contribution < 1.29 is 18.1 Å². The molecule has 1 heterocycles. The van der Waals surface area contributed by atoms with Crippen molar-refractivity contribution in [3.05, 3.63) is 53.1 Å². The highest BCUT2D eigenvalue weighted by Gasteiger charge is 2.29. The lowest BCUT2D eigenvalue weighted by Crippen LogP contribution is -2.28. The van der Waals surface area contributed by atoms with E-state index in [-0.39, 0.29) is 22.2 Å². The maximum Gasteiger partial charge on any atom is 0.491 e. The summed E-state index contributed by atoms with van der Waals surface area (Å²) in [4.78, 5) is 0.137. The SMILES string of the molecule is O=S(=O)(Nc1cc2c(cc1Cl)COB2O)c1ccccc1. The van der Waals surface area contributed by atoms with E-state index in [1.165, 1.54) is 18.2 Å². The van der Waals surface area contributed by atoms with Crippen LogP contribution in [0.5, 0.6) is 0 Å². The first-order valence-corrected chi connectivity index (χ1v) is 8.03. The van der Waals surface area contributed by atoms with Crippen LogP contribution >= 0.6 is 11.6 Å². The standard InChI is InChI=1S/C13H11BClNO4S/c15-12-6-9-8-20-14(17)11(9)7-13(12)16-21(18,19)10-4-2-1-3-5-10/h1-7,16-17H,8H2. The molecule has 5 nitrogen and oxygen atoms in total. The summed E-state index contributed by atoms with van der Waals surface area (Å²) in [6.07, 6.45) is 0. The van der Waals surface area contributed by atoms with E-state index in [2.05, 4.69) is 4.72 Å². The van der Waals surface area contributed by atoms with Crippen LogP contribution in [0.25, 0.3) is 0 Å². The van der Waals surface area contributed by atoms with Gasteiger partial charge in [0.25, 0.3) is 10.0 Å². The van der Waals surface area contributed by atoms with Crippen LogP contribution in [0.1, 0.15) is 5.56 Å². The second kappa shape index (κ2) is 5.34. The normalized spacial score (nSPS) is 14.1. The van der Waals surface area contributed by atoms with Gasteiger partial charge in [-0.25, -0.2) is 8.42 Å². The minimum Gasteiger partial charge on any atom is -0.423 e. The molecular weight excluding hydrogens is 312 g/mol. The Morgan fingerprint density at radius 2 is 1.95 bits per heavy atom. The van der Waals surface area contributed by atoms with Crippen LogP contribution < -0.4 is 10.2 Å². The van der Waals surface area contributed by atoms with Crippen molar-refractivity contribution in [1.29, 1.82) is 0 Å². The third-order valence-corrected chi connectivity index (χ3v) is 4.88. The van der Waals surface area contributed by atoms with Crippen molar-refractivity contribution in [2.45, 2.75) is 11.5 Å². The maximum atomic E-state index is 12.3. The fourth-order valence-electron chi connectivity index (χ4n) is 2.13. The summed E-state index contributed by atoms with van der Waals surface area (Å²) in [6.45, 7) is 0.252. The number of anilines is 1. The van der Waals surface area contributed by atoms with Crippen molar-refractivity contribution in [2.24, 2.45) is 0 Å². The number of fused-ring (bicyclic) bond motifs is 1. The molecule has 0 fully saturated rings. The molecule has 2 aromatic carbocycles. The molecule has 1 aliphatic rings. The summed E-state index contributed by atoms with van der Waals surface area (Å²) in [5, 5.41) is 9.93. The van der Waals surface area contributed by atoms with E-state index >= 15 is 0 Å². The van der Waals surface area contributed by atoms with Gasteiger partial charge in [0, 0.05) is 0 Å². The number of nitrogens with one attached hydrogen (secondary N) is 1. The third kappa shape index (κ3) is 2.78. The molecule has 0 radical (unpaired) electrons. The van der Waals surface area contributed by atoms with Crippen molar-refractivity contribution in [3.8, 4) is 0 Å². The van der Waals surface area contributed by atoms with E-state index in [1.54, 1.807) is 24.3 Å².